The molecule has 4 aromatic rings. The summed E-state index contributed by atoms with van der Waals surface area (Å²) in [6.45, 7) is 8.49. The van der Waals surface area contributed by atoms with E-state index in [1.807, 2.05) is 58.0 Å². The topological polar surface area (TPSA) is 221 Å². The van der Waals surface area contributed by atoms with Crippen molar-refractivity contribution in [3.05, 3.63) is 66.5 Å². The lowest BCUT2D eigenvalue weighted by Gasteiger charge is -2.30. The van der Waals surface area contributed by atoms with Gasteiger partial charge in [0.1, 0.15) is 29.5 Å². The first-order valence-corrected chi connectivity index (χ1v) is 19.3. The average molecular weight is 799 g/mol. The van der Waals surface area contributed by atoms with Crippen molar-refractivity contribution in [1.82, 2.24) is 40.4 Å². The van der Waals surface area contributed by atoms with Crippen LogP contribution in [0.25, 0.3) is 33.6 Å². The van der Waals surface area contributed by atoms with Crippen LogP contribution in [0, 0.1) is 11.8 Å². The molecule has 2 aliphatic heterocycles. The van der Waals surface area contributed by atoms with Crippen LogP contribution in [-0.2, 0) is 19.1 Å². The molecule has 6 rings (SSSR count). The molecule has 58 heavy (non-hydrogen) atoms. The standard InChI is InChI=1S/C41H50N8O9/c1-22(2)33(46-39(52)56-5)37(50)48-17-7-9-30(48)35-42-20-28(44-35)25-13-11-24(12-14-25)27-16-15-26(19-32(27)58-41(54)55)29-21-43-36(45-29)31-10-8-18-49(31)38(51)34(23(3)4)47-40(53)57-6/h11-16,19-23,30-31,33-34H,7-10,17-18H2,1-6H3,(H,42,44)(H,43,45)(H,46,52)(H,47,53)(H,54,55)/t30-,31-,33-,34-/m0/s1. The predicted octanol–water partition coefficient (Wildman–Crippen LogP) is 6.28. The second-order valence-electron chi connectivity index (χ2n) is 15.1. The van der Waals surface area contributed by atoms with E-state index in [1.54, 1.807) is 34.3 Å². The maximum Gasteiger partial charge on any atom is 0.511 e. The number of carbonyl (C=O) groups excluding carboxylic acids is 4. The van der Waals surface area contributed by atoms with E-state index in [9.17, 15) is 29.1 Å². The molecule has 17 heteroatoms. The van der Waals surface area contributed by atoms with Crippen LogP contribution in [0.2, 0.25) is 0 Å². The Balaban J connectivity index is 1.19. The van der Waals surface area contributed by atoms with Gasteiger partial charge in [0.25, 0.3) is 0 Å². The fraction of sp³-hybridized carbons (Fsp3) is 0.439. The number of aromatic amines is 2. The Morgan fingerprint density at radius 2 is 1.16 bits per heavy atom. The van der Waals surface area contributed by atoms with E-state index in [0.29, 0.717) is 53.5 Å². The SMILES string of the molecule is COC(=O)N[C@H](C(=O)N1CCC[C@H]1c1ncc(-c2ccc(-c3ccc(-c4cnc([C@@H]5CCCN5C(=O)[C@@H](NC(=O)OC)C(C)C)[nH]4)cc3OC(=O)O)cc2)[nH]1)C(C)C. The number of imidazole rings is 2. The quantitative estimate of drug-likeness (QED) is 0.0793. The van der Waals surface area contributed by atoms with Gasteiger partial charge in [-0.15, -0.1) is 0 Å². The summed E-state index contributed by atoms with van der Waals surface area (Å²) in [6.07, 6.45) is 3.50. The van der Waals surface area contributed by atoms with Gasteiger partial charge in [-0.3, -0.25) is 9.59 Å². The first-order chi connectivity index (χ1) is 27.8. The number of alkyl carbamates (subject to hydrolysis) is 2. The van der Waals surface area contributed by atoms with Crippen molar-refractivity contribution >= 4 is 30.2 Å². The molecule has 2 saturated heterocycles. The highest BCUT2D eigenvalue weighted by Gasteiger charge is 2.39. The fourth-order valence-corrected chi connectivity index (χ4v) is 7.63. The number of benzene rings is 2. The molecule has 0 saturated carbocycles. The molecule has 4 amide bonds. The summed E-state index contributed by atoms with van der Waals surface area (Å²) in [7, 11) is 2.52. The summed E-state index contributed by atoms with van der Waals surface area (Å²) in [5.41, 5.74) is 4.06. The molecule has 0 bridgehead atoms. The number of hydrogen-bond donors (Lipinski definition) is 5. The highest BCUT2D eigenvalue weighted by molar-refractivity contribution is 5.87. The number of hydrogen-bond acceptors (Lipinski definition) is 10. The van der Waals surface area contributed by atoms with E-state index in [1.165, 1.54) is 14.2 Å². The van der Waals surface area contributed by atoms with E-state index in [0.717, 1.165) is 30.5 Å². The Bertz CT molecular complexity index is 2130. The van der Waals surface area contributed by atoms with Crippen molar-refractivity contribution in [2.24, 2.45) is 11.8 Å². The van der Waals surface area contributed by atoms with Gasteiger partial charge < -0.3 is 49.7 Å². The van der Waals surface area contributed by atoms with Crippen LogP contribution in [-0.4, -0.2) is 104 Å². The van der Waals surface area contributed by atoms with Crippen LogP contribution >= 0.6 is 0 Å². The summed E-state index contributed by atoms with van der Waals surface area (Å²) in [6, 6.07) is 10.6. The normalized spacial score (nSPS) is 17.6. The summed E-state index contributed by atoms with van der Waals surface area (Å²) in [5.74, 6) is 0.603. The number of H-pyrrole nitrogens is 2. The molecule has 0 radical (unpaired) electrons. The molecule has 0 unspecified atom stereocenters. The van der Waals surface area contributed by atoms with Crippen LogP contribution in [0.1, 0.15) is 77.1 Å². The van der Waals surface area contributed by atoms with E-state index in [4.69, 9.17) is 14.2 Å². The van der Waals surface area contributed by atoms with Gasteiger partial charge in [-0.05, 0) is 60.8 Å². The zero-order chi connectivity index (χ0) is 41.7. The minimum Gasteiger partial charge on any atom is -0.453 e. The summed E-state index contributed by atoms with van der Waals surface area (Å²) < 4.78 is 14.8. The molecule has 2 fully saturated rings. The molecule has 17 nitrogen and oxygen atoms in total. The van der Waals surface area contributed by atoms with Crippen LogP contribution in [0.15, 0.2) is 54.9 Å². The number of nitrogens with one attached hydrogen (secondary N) is 4. The second kappa shape index (κ2) is 17.8. The minimum atomic E-state index is -1.47. The van der Waals surface area contributed by atoms with Crippen LogP contribution in [0.5, 0.6) is 5.75 Å². The summed E-state index contributed by atoms with van der Waals surface area (Å²) in [5, 5.41) is 15.0. The van der Waals surface area contributed by atoms with Crippen molar-refractivity contribution in [2.45, 2.75) is 77.5 Å². The number of ether oxygens (including phenoxy) is 3. The molecule has 4 atom stereocenters. The molecule has 0 spiro atoms. The van der Waals surface area contributed by atoms with E-state index in [-0.39, 0.29) is 41.5 Å². The molecule has 308 valence electrons. The van der Waals surface area contributed by atoms with Crippen molar-refractivity contribution in [3.8, 4) is 39.4 Å². The number of likely N-dealkylation sites (tertiary alicyclic amines) is 2. The zero-order valence-electron chi connectivity index (χ0n) is 33.4. The number of nitrogens with zero attached hydrogens (tertiary/aromatic N) is 4. The van der Waals surface area contributed by atoms with Gasteiger partial charge in [0.05, 0.1) is 50.1 Å². The van der Waals surface area contributed by atoms with E-state index >= 15 is 0 Å². The van der Waals surface area contributed by atoms with Gasteiger partial charge in [0.2, 0.25) is 11.8 Å². The predicted molar refractivity (Wildman–Crippen MR) is 211 cm³/mol. The van der Waals surface area contributed by atoms with Crippen LogP contribution in [0.3, 0.4) is 0 Å². The van der Waals surface area contributed by atoms with Crippen molar-refractivity contribution < 1.29 is 43.3 Å². The summed E-state index contributed by atoms with van der Waals surface area (Å²) >= 11 is 0. The van der Waals surface area contributed by atoms with Gasteiger partial charge in [-0.25, -0.2) is 24.4 Å². The highest BCUT2D eigenvalue weighted by Crippen LogP contribution is 2.38. The van der Waals surface area contributed by atoms with Gasteiger partial charge in [-0.1, -0.05) is 58.0 Å². The first kappa shape index (κ1) is 41.2. The lowest BCUT2D eigenvalue weighted by Crippen LogP contribution is -2.51. The largest absolute Gasteiger partial charge is 0.511 e. The minimum absolute atomic E-state index is 0.122. The van der Waals surface area contributed by atoms with Gasteiger partial charge >= 0.3 is 18.3 Å². The Labute approximate surface area is 335 Å². The molecular weight excluding hydrogens is 748 g/mol. The number of carboxylic acid groups (broad SMARTS) is 1. The zero-order valence-corrected chi connectivity index (χ0v) is 33.4. The maximum atomic E-state index is 13.6. The Kier molecular flexibility index (Phi) is 12.7. The van der Waals surface area contributed by atoms with Gasteiger partial charge in [0.15, 0.2) is 0 Å². The Morgan fingerprint density at radius 1 is 0.707 bits per heavy atom. The van der Waals surface area contributed by atoms with Gasteiger partial charge in [-0.2, -0.15) is 0 Å². The third kappa shape index (κ3) is 8.92. The van der Waals surface area contributed by atoms with Crippen molar-refractivity contribution in [2.75, 3.05) is 27.3 Å². The average Bonchev–Trinajstić information content (AvgIpc) is 4.05. The molecule has 0 aliphatic carbocycles. The Hall–Kier alpha value is -6.39. The van der Waals surface area contributed by atoms with E-state index in [2.05, 4.69) is 30.6 Å². The van der Waals surface area contributed by atoms with E-state index < -0.39 is 30.4 Å². The smallest absolute Gasteiger partial charge is 0.453 e. The van der Waals surface area contributed by atoms with Crippen molar-refractivity contribution in [3.63, 3.8) is 0 Å². The van der Waals surface area contributed by atoms with Crippen LogP contribution in [0.4, 0.5) is 14.4 Å². The number of amides is 4. The van der Waals surface area contributed by atoms with Gasteiger partial charge in [0, 0.05) is 24.2 Å². The Morgan fingerprint density at radius 3 is 1.60 bits per heavy atom. The second-order valence-corrected chi connectivity index (χ2v) is 15.1. The molecule has 4 heterocycles. The molecule has 2 aliphatic rings. The molecule has 2 aromatic carbocycles. The number of rotatable bonds is 12. The third-order valence-electron chi connectivity index (χ3n) is 10.7. The van der Waals surface area contributed by atoms with Crippen LogP contribution < -0.4 is 15.4 Å². The lowest BCUT2D eigenvalue weighted by atomic mass is 10.00. The molecular formula is C41H50N8O9. The number of carbonyl (C=O) groups is 5. The highest BCUT2D eigenvalue weighted by atomic mass is 16.7. The number of aromatic nitrogens is 4. The molecule has 5 N–H and O–H groups in total. The fourth-order valence-electron chi connectivity index (χ4n) is 7.63. The first-order valence-electron chi connectivity index (χ1n) is 19.3. The third-order valence-corrected chi connectivity index (χ3v) is 10.7. The maximum absolute atomic E-state index is 13.6. The molecule has 2 aromatic heterocycles. The summed E-state index contributed by atoms with van der Waals surface area (Å²) in [4.78, 5) is 82.3. The monoisotopic (exact) mass is 798 g/mol. The lowest BCUT2D eigenvalue weighted by molar-refractivity contribution is -0.136. The van der Waals surface area contributed by atoms with Crippen molar-refractivity contribution in [1.29, 1.82) is 0 Å². The number of methoxy groups -OCH3 is 2.